The minimum absolute atomic E-state index is 0.616. The maximum atomic E-state index is 4.37. The SMILES string of the molecule is CC1CCC(n2nnc3c2CCNC3)CC1. The van der Waals surface area contributed by atoms with Crippen molar-refractivity contribution in [1.82, 2.24) is 20.3 Å². The molecule has 88 valence electrons. The molecule has 1 saturated carbocycles. The predicted octanol–water partition coefficient (Wildman–Crippen LogP) is 1.67. The molecule has 0 unspecified atom stereocenters. The summed E-state index contributed by atoms with van der Waals surface area (Å²) in [6, 6.07) is 0.616. The minimum atomic E-state index is 0.616. The highest BCUT2D eigenvalue weighted by molar-refractivity contribution is 5.14. The molecule has 1 aliphatic carbocycles. The highest BCUT2D eigenvalue weighted by Gasteiger charge is 2.25. The van der Waals surface area contributed by atoms with Crippen molar-refractivity contribution in [3.63, 3.8) is 0 Å². The van der Waals surface area contributed by atoms with E-state index in [0.717, 1.165) is 25.4 Å². The smallest absolute Gasteiger partial charge is 0.0997 e. The molecule has 0 saturated heterocycles. The second kappa shape index (κ2) is 4.17. The largest absolute Gasteiger partial charge is 0.311 e. The summed E-state index contributed by atoms with van der Waals surface area (Å²) in [4.78, 5) is 0. The first-order chi connectivity index (χ1) is 7.84. The first-order valence-corrected chi connectivity index (χ1v) is 6.48. The van der Waals surface area contributed by atoms with Crippen molar-refractivity contribution in [2.24, 2.45) is 5.92 Å². The van der Waals surface area contributed by atoms with E-state index in [1.54, 1.807) is 0 Å². The van der Waals surface area contributed by atoms with Crippen molar-refractivity contribution in [2.75, 3.05) is 6.54 Å². The number of rotatable bonds is 1. The lowest BCUT2D eigenvalue weighted by Gasteiger charge is -2.27. The Hall–Kier alpha value is -0.900. The van der Waals surface area contributed by atoms with Gasteiger partial charge in [-0.15, -0.1) is 5.10 Å². The molecule has 16 heavy (non-hydrogen) atoms. The van der Waals surface area contributed by atoms with E-state index < -0.39 is 0 Å². The van der Waals surface area contributed by atoms with Crippen LogP contribution in [-0.2, 0) is 13.0 Å². The van der Waals surface area contributed by atoms with Crippen molar-refractivity contribution < 1.29 is 0 Å². The Kier molecular flexibility index (Phi) is 2.67. The fraction of sp³-hybridized carbons (Fsp3) is 0.833. The van der Waals surface area contributed by atoms with Gasteiger partial charge in [-0.2, -0.15) is 0 Å². The van der Waals surface area contributed by atoms with E-state index in [-0.39, 0.29) is 0 Å². The summed E-state index contributed by atoms with van der Waals surface area (Å²) in [7, 11) is 0. The van der Waals surface area contributed by atoms with Crippen LogP contribution in [0.4, 0.5) is 0 Å². The molecule has 4 nitrogen and oxygen atoms in total. The lowest BCUT2D eigenvalue weighted by atomic mass is 9.87. The van der Waals surface area contributed by atoms with Gasteiger partial charge in [-0.3, -0.25) is 0 Å². The molecule has 1 N–H and O–H groups in total. The summed E-state index contributed by atoms with van der Waals surface area (Å²) < 4.78 is 2.22. The highest BCUT2D eigenvalue weighted by atomic mass is 15.4. The van der Waals surface area contributed by atoms with Crippen molar-refractivity contribution in [1.29, 1.82) is 0 Å². The van der Waals surface area contributed by atoms with E-state index in [0.29, 0.717) is 6.04 Å². The maximum absolute atomic E-state index is 4.37. The lowest BCUT2D eigenvalue weighted by Crippen LogP contribution is -2.27. The molecule has 0 atom stereocenters. The van der Waals surface area contributed by atoms with Gasteiger partial charge in [0.15, 0.2) is 0 Å². The Morgan fingerprint density at radius 2 is 2.06 bits per heavy atom. The zero-order valence-electron chi connectivity index (χ0n) is 9.95. The average Bonchev–Trinajstić information content (AvgIpc) is 2.74. The standard InChI is InChI=1S/C12H20N4/c1-9-2-4-10(5-3-9)16-12-6-7-13-8-11(12)14-15-16/h9-10,13H,2-8H2,1H3. The second-order valence-corrected chi connectivity index (χ2v) is 5.27. The Labute approximate surface area is 96.4 Å². The maximum Gasteiger partial charge on any atom is 0.0997 e. The van der Waals surface area contributed by atoms with Crippen molar-refractivity contribution in [3.05, 3.63) is 11.4 Å². The molecular weight excluding hydrogens is 200 g/mol. The van der Waals surface area contributed by atoms with Crippen LogP contribution >= 0.6 is 0 Å². The lowest BCUT2D eigenvalue weighted by molar-refractivity contribution is 0.265. The quantitative estimate of drug-likeness (QED) is 0.783. The summed E-state index contributed by atoms with van der Waals surface area (Å²) in [5.41, 5.74) is 2.56. The van der Waals surface area contributed by atoms with Gasteiger partial charge in [0.05, 0.1) is 17.4 Å². The van der Waals surface area contributed by atoms with E-state index in [1.807, 2.05) is 0 Å². The molecule has 2 heterocycles. The van der Waals surface area contributed by atoms with Crippen LogP contribution in [0.25, 0.3) is 0 Å². The summed E-state index contributed by atoms with van der Waals surface area (Å²) in [6.07, 6.45) is 6.35. The topological polar surface area (TPSA) is 42.7 Å². The zero-order valence-corrected chi connectivity index (χ0v) is 9.95. The van der Waals surface area contributed by atoms with Crippen molar-refractivity contribution in [3.8, 4) is 0 Å². The number of aromatic nitrogens is 3. The monoisotopic (exact) mass is 220 g/mol. The van der Waals surface area contributed by atoms with Crippen LogP contribution in [0.1, 0.15) is 50.0 Å². The highest BCUT2D eigenvalue weighted by Crippen LogP contribution is 2.32. The molecular formula is C12H20N4. The molecule has 1 aromatic rings. The van der Waals surface area contributed by atoms with E-state index in [2.05, 4.69) is 27.2 Å². The fourth-order valence-electron chi connectivity index (χ4n) is 2.94. The number of hydrogen-bond donors (Lipinski definition) is 1. The van der Waals surface area contributed by atoms with Crippen LogP contribution in [0, 0.1) is 5.92 Å². The van der Waals surface area contributed by atoms with E-state index in [1.165, 1.54) is 37.1 Å². The Bertz CT molecular complexity index is 363. The van der Waals surface area contributed by atoms with Crippen LogP contribution in [0.3, 0.4) is 0 Å². The summed E-state index contributed by atoms with van der Waals surface area (Å²) >= 11 is 0. The van der Waals surface area contributed by atoms with Crippen molar-refractivity contribution >= 4 is 0 Å². The van der Waals surface area contributed by atoms with Crippen LogP contribution in [0.15, 0.2) is 0 Å². The van der Waals surface area contributed by atoms with Crippen LogP contribution in [-0.4, -0.2) is 21.5 Å². The van der Waals surface area contributed by atoms with E-state index in [9.17, 15) is 0 Å². The molecule has 0 radical (unpaired) electrons. The van der Waals surface area contributed by atoms with Gasteiger partial charge in [0, 0.05) is 19.5 Å². The van der Waals surface area contributed by atoms with Crippen molar-refractivity contribution in [2.45, 2.75) is 51.6 Å². The van der Waals surface area contributed by atoms with Crippen LogP contribution in [0.5, 0.6) is 0 Å². The first kappa shape index (κ1) is 10.3. The summed E-state index contributed by atoms with van der Waals surface area (Å²) in [6.45, 7) is 4.33. The van der Waals surface area contributed by atoms with Gasteiger partial charge in [-0.1, -0.05) is 12.1 Å². The van der Waals surface area contributed by atoms with Crippen LogP contribution < -0.4 is 5.32 Å². The molecule has 0 amide bonds. The molecule has 1 aromatic heterocycles. The zero-order chi connectivity index (χ0) is 11.0. The normalized spacial score (nSPS) is 30.1. The number of nitrogens with zero attached hydrogens (tertiary/aromatic N) is 3. The third kappa shape index (κ3) is 1.75. The van der Waals surface area contributed by atoms with Gasteiger partial charge in [-0.25, -0.2) is 4.68 Å². The second-order valence-electron chi connectivity index (χ2n) is 5.27. The number of nitrogens with one attached hydrogen (secondary N) is 1. The van der Waals surface area contributed by atoms with Gasteiger partial charge < -0.3 is 5.32 Å². The van der Waals surface area contributed by atoms with Gasteiger partial charge >= 0.3 is 0 Å². The summed E-state index contributed by atoms with van der Waals surface area (Å²) in [5.74, 6) is 0.900. The third-order valence-corrected chi connectivity index (χ3v) is 4.03. The first-order valence-electron chi connectivity index (χ1n) is 6.48. The minimum Gasteiger partial charge on any atom is -0.311 e. The number of hydrogen-bond acceptors (Lipinski definition) is 3. The predicted molar refractivity (Wildman–Crippen MR) is 62.1 cm³/mol. The van der Waals surface area contributed by atoms with E-state index >= 15 is 0 Å². The Balaban J connectivity index is 1.81. The van der Waals surface area contributed by atoms with Crippen LogP contribution in [0.2, 0.25) is 0 Å². The van der Waals surface area contributed by atoms with E-state index in [4.69, 9.17) is 0 Å². The molecule has 1 aliphatic heterocycles. The molecule has 0 aromatic carbocycles. The molecule has 2 aliphatic rings. The molecule has 1 fully saturated rings. The average molecular weight is 220 g/mol. The molecule has 0 bridgehead atoms. The molecule has 3 rings (SSSR count). The summed E-state index contributed by atoms with van der Waals surface area (Å²) in [5, 5.41) is 12.0. The van der Waals surface area contributed by atoms with Gasteiger partial charge in [0.25, 0.3) is 0 Å². The third-order valence-electron chi connectivity index (χ3n) is 4.03. The number of fused-ring (bicyclic) bond motifs is 1. The Morgan fingerprint density at radius 3 is 2.88 bits per heavy atom. The molecule has 0 spiro atoms. The Morgan fingerprint density at radius 1 is 1.25 bits per heavy atom. The van der Waals surface area contributed by atoms with Gasteiger partial charge in [0.1, 0.15) is 0 Å². The fourth-order valence-corrected chi connectivity index (χ4v) is 2.94. The van der Waals surface area contributed by atoms with Gasteiger partial charge in [-0.05, 0) is 31.6 Å². The molecule has 4 heteroatoms. The van der Waals surface area contributed by atoms with Gasteiger partial charge in [0.2, 0.25) is 0 Å².